The van der Waals surface area contributed by atoms with Crippen LogP contribution < -0.4 is 10.5 Å². The van der Waals surface area contributed by atoms with Gasteiger partial charge in [-0.3, -0.25) is 14.6 Å². The third-order valence-electron chi connectivity index (χ3n) is 5.42. The Morgan fingerprint density at radius 3 is 2.50 bits per heavy atom. The molecule has 0 aliphatic carbocycles. The number of halogens is 1. The number of aryl methyl sites for hydroxylation is 1. The molecule has 2 saturated heterocycles. The van der Waals surface area contributed by atoms with Gasteiger partial charge in [0.2, 0.25) is 0 Å². The van der Waals surface area contributed by atoms with Gasteiger partial charge in [-0.25, -0.2) is 9.37 Å². The summed E-state index contributed by atoms with van der Waals surface area (Å²) in [5.74, 6) is -0.189. The Balaban J connectivity index is 1.26. The van der Waals surface area contributed by atoms with E-state index in [1.165, 1.54) is 16.7 Å². The fourth-order valence-corrected chi connectivity index (χ4v) is 3.81. The van der Waals surface area contributed by atoms with Crippen molar-refractivity contribution in [1.82, 2.24) is 19.4 Å². The number of piperazine rings is 1. The number of aromatic nitrogens is 2. The van der Waals surface area contributed by atoms with Crippen molar-refractivity contribution < 1.29 is 4.39 Å². The molecule has 1 aromatic heterocycles. The van der Waals surface area contributed by atoms with E-state index in [9.17, 15) is 9.18 Å². The number of rotatable bonds is 4. The summed E-state index contributed by atoms with van der Waals surface area (Å²) in [6, 6.07) is 7.31. The molecule has 4 rings (SSSR count). The molecule has 0 saturated carbocycles. The van der Waals surface area contributed by atoms with Crippen molar-refractivity contribution in [3.63, 3.8) is 0 Å². The summed E-state index contributed by atoms with van der Waals surface area (Å²) in [7, 11) is 1.73. The van der Waals surface area contributed by atoms with E-state index >= 15 is 0 Å². The molecule has 1 aromatic carbocycles. The van der Waals surface area contributed by atoms with Crippen molar-refractivity contribution in [3.8, 4) is 0 Å². The number of hydrogen-bond acceptors (Lipinski definition) is 5. The van der Waals surface area contributed by atoms with E-state index in [0.717, 1.165) is 50.5 Å². The second-order valence-electron chi connectivity index (χ2n) is 7.18. The lowest BCUT2D eigenvalue weighted by Gasteiger charge is -2.48. The fourth-order valence-electron chi connectivity index (χ4n) is 3.81. The van der Waals surface area contributed by atoms with E-state index in [0.29, 0.717) is 12.6 Å². The SMILES string of the molecule is Cn1cncc(CN2CC(N3CCN(c4ccc(F)cc4)CC3)C2)c1=O. The standard InChI is InChI=1S/C19H24FN5O/c1-22-14-21-10-15(19(22)26)11-23-12-18(13-23)25-8-6-24(7-9-25)17-4-2-16(20)3-5-17/h2-5,10,14,18H,6-9,11-13H2,1H3. The van der Waals surface area contributed by atoms with Gasteiger partial charge in [0.1, 0.15) is 5.82 Å². The molecule has 6 nitrogen and oxygen atoms in total. The fraction of sp³-hybridized carbons (Fsp3) is 0.474. The zero-order chi connectivity index (χ0) is 18.1. The Kier molecular flexibility index (Phi) is 4.74. The van der Waals surface area contributed by atoms with Crippen LogP contribution >= 0.6 is 0 Å². The molecule has 0 radical (unpaired) electrons. The maximum Gasteiger partial charge on any atom is 0.257 e. The topological polar surface area (TPSA) is 44.6 Å². The number of nitrogens with zero attached hydrogens (tertiary/aromatic N) is 5. The highest BCUT2D eigenvalue weighted by Crippen LogP contribution is 2.21. The highest BCUT2D eigenvalue weighted by Gasteiger charge is 2.33. The molecule has 0 atom stereocenters. The van der Waals surface area contributed by atoms with Gasteiger partial charge in [-0.05, 0) is 24.3 Å². The summed E-state index contributed by atoms with van der Waals surface area (Å²) >= 11 is 0. The van der Waals surface area contributed by atoms with Gasteiger partial charge in [0.15, 0.2) is 0 Å². The van der Waals surface area contributed by atoms with E-state index in [1.54, 1.807) is 19.6 Å². The Bertz CT molecular complexity index is 807. The van der Waals surface area contributed by atoms with E-state index in [-0.39, 0.29) is 11.4 Å². The van der Waals surface area contributed by atoms with E-state index in [4.69, 9.17) is 0 Å². The Morgan fingerprint density at radius 2 is 1.81 bits per heavy atom. The molecule has 0 N–H and O–H groups in total. The van der Waals surface area contributed by atoms with Crippen LogP contribution in [-0.4, -0.2) is 64.7 Å². The molecular weight excluding hydrogens is 333 g/mol. The first-order chi connectivity index (χ1) is 12.6. The van der Waals surface area contributed by atoms with Gasteiger partial charge in [-0.15, -0.1) is 0 Å². The van der Waals surface area contributed by atoms with Gasteiger partial charge < -0.3 is 9.47 Å². The predicted molar refractivity (Wildman–Crippen MR) is 98.7 cm³/mol. The normalized spacial score (nSPS) is 19.5. The van der Waals surface area contributed by atoms with Crippen LogP contribution in [0.1, 0.15) is 5.56 Å². The van der Waals surface area contributed by atoms with Gasteiger partial charge in [-0.2, -0.15) is 0 Å². The molecule has 2 aliphatic rings. The highest BCUT2D eigenvalue weighted by molar-refractivity contribution is 5.46. The molecular formula is C19H24FN5O. The molecule has 0 spiro atoms. The second kappa shape index (κ2) is 7.17. The third kappa shape index (κ3) is 3.50. The van der Waals surface area contributed by atoms with Crippen molar-refractivity contribution in [3.05, 3.63) is 58.5 Å². The molecule has 2 aromatic rings. The van der Waals surface area contributed by atoms with Crippen LogP contribution in [0.3, 0.4) is 0 Å². The first kappa shape index (κ1) is 17.2. The summed E-state index contributed by atoms with van der Waals surface area (Å²) in [6.07, 6.45) is 3.22. The summed E-state index contributed by atoms with van der Waals surface area (Å²) in [5.41, 5.74) is 1.89. The van der Waals surface area contributed by atoms with E-state index in [1.807, 2.05) is 12.1 Å². The van der Waals surface area contributed by atoms with Crippen LogP contribution in [0.4, 0.5) is 10.1 Å². The quantitative estimate of drug-likeness (QED) is 0.815. The maximum atomic E-state index is 13.1. The molecule has 7 heteroatoms. The average Bonchev–Trinajstić information content (AvgIpc) is 2.62. The number of anilines is 1. The Morgan fingerprint density at radius 1 is 1.12 bits per heavy atom. The molecule has 0 unspecified atom stereocenters. The monoisotopic (exact) mass is 357 g/mol. The lowest BCUT2D eigenvalue weighted by Crippen LogP contribution is -2.62. The molecule has 0 bridgehead atoms. The van der Waals surface area contributed by atoms with Crippen molar-refractivity contribution in [2.75, 3.05) is 44.2 Å². The van der Waals surface area contributed by atoms with Gasteiger partial charge in [0.05, 0.1) is 6.33 Å². The van der Waals surface area contributed by atoms with E-state index in [2.05, 4.69) is 19.7 Å². The van der Waals surface area contributed by atoms with Crippen LogP contribution in [0.15, 0.2) is 41.6 Å². The van der Waals surface area contributed by atoms with Crippen LogP contribution in [0.25, 0.3) is 0 Å². The lowest BCUT2D eigenvalue weighted by molar-refractivity contribution is 0.0252. The number of likely N-dealkylation sites (tertiary alicyclic amines) is 1. The smallest absolute Gasteiger partial charge is 0.257 e. The third-order valence-corrected chi connectivity index (χ3v) is 5.42. The average molecular weight is 357 g/mol. The van der Waals surface area contributed by atoms with E-state index < -0.39 is 0 Å². The highest BCUT2D eigenvalue weighted by atomic mass is 19.1. The minimum Gasteiger partial charge on any atom is -0.369 e. The Labute approximate surface area is 152 Å². The first-order valence-electron chi connectivity index (χ1n) is 9.06. The molecule has 0 amide bonds. The summed E-state index contributed by atoms with van der Waals surface area (Å²) in [6.45, 7) is 6.63. The number of hydrogen-bond donors (Lipinski definition) is 0. The predicted octanol–water partition coefficient (Wildman–Crippen LogP) is 0.926. The number of benzene rings is 1. The van der Waals surface area contributed by atoms with Crippen LogP contribution in [-0.2, 0) is 13.6 Å². The van der Waals surface area contributed by atoms with Crippen molar-refractivity contribution >= 4 is 5.69 Å². The molecule has 2 fully saturated rings. The zero-order valence-electron chi connectivity index (χ0n) is 15.0. The second-order valence-corrected chi connectivity index (χ2v) is 7.18. The van der Waals surface area contributed by atoms with Gasteiger partial charge in [0, 0.05) is 76.4 Å². The van der Waals surface area contributed by atoms with Gasteiger partial charge >= 0.3 is 0 Å². The molecule has 2 aliphatic heterocycles. The Hall–Kier alpha value is -2.25. The van der Waals surface area contributed by atoms with Crippen LogP contribution in [0.2, 0.25) is 0 Å². The molecule has 138 valence electrons. The summed E-state index contributed by atoms with van der Waals surface area (Å²) < 4.78 is 14.6. The van der Waals surface area contributed by atoms with Crippen molar-refractivity contribution in [2.45, 2.75) is 12.6 Å². The first-order valence-corrected chi connectivity index (χ1v) is 9.06. The van der Waals surface area contributed by atoms with Crippen LogP contribution in [0, 0.1) is 5.82 Å². The summed E-state index contributed by atoms with van der Waals surface area (Å²) in [4.78, 5) is 23.3. The zero-order valence-corrected chi connectivity index (χ0v) is 15.0. The maximum absolute atomic E-state index is 13.1. The molecule has 3 heterocycles. The van der Waals surface area contributed by atoms with Gasteiger partial charge in [-0.1, -0.05) is 0 Å². The van der Waals surface area contributed by atoms with Crippen molar-refractivity contribution in [2.24, 2.45) is 7.05 Å². The minimum absolute atomic E-state index is 0.0383. The largest absolute Gasteiger partial charge is 0.369 e. The minimum atomic E-state index is -0.189. The van der Waals surface area contributed by atoms with Gasteiger partial charge in [0.25, 0.3) is 5.56 Å². The lowest BCUT2D eigenvalue weighted by atomic mass is 10.0. The molecule has 26 heavy (non-hydrogen) atoms. The summed E-state index contributed by atoms with van der Waals surface area (Å²) in [5, 5.41) is 0. The van der Waals surface area contributed by atoms with Crippen LogP contribution in [0.5, 0.6) is 0 Å². The van der Waals surface area contributed by atoms with Crippen molar-refractivity contribution in [1.29, 1.82) is 0 Å².